The van der Waals surface area contributed by atoms with Gasteiger partial charge in [-0.25, -0.2) is 14.4 Å². The van der Waals surface area contributed by atoms with Gasteiger partial charge in [0.25, 0.3) is 5.91 Å². The maximum atomic E-state index is 13.6. The molecule has 3 N–H and O–H groups in total. The molecule has 0 fully saturated rings. The standard InChI is InChI=1S/C21H25FN6O2/c1-13-14(2)26-20(28-19(13)23-8-7-15-10-24-25-11-15)21(29)27-18(12-30-3)16-5-4-6-17(22)9-16/h4-6,9-11,18H,7-8,12H2,1-3H3,(H,24,25)(H,27,29)(H,23,26,28)/t18-/m1/s1. The average Bonchev–Trinajstić information content (AvgIpc) is 3.24. The first-order chi connectivity index (χ1) is 14.5. The Labute approximate surface area is 174 Å². The highest BCUT2D eigenvalue weighted by molar-refractivity contribution is 5.91. The van der Waals surface area contributed by atoms with E-state index in [4.69, 9.17) is 4.74 Å². The quantitative estimate of drug-likeness (QED) is 0.499. The highest BCUT2D eigenvalue weighted by atomic mass is 19.1. The Kier molecular flexibility index (Phi) is 7.08. The third-order valence-electron chi connectivity index (χ3n) is 4.74. The van der Waals surface area contributed by atoms with Crippen molar-refractivity contribution >= 4 is 11.7 Å². The van der Waals surface area contributed by atoms with Gasteiger partial charge in [0.2, 0.25) is 5.82 Å². The van der Waals surface area contributed by atoms with E-state index in [1.54, 1.807) is 18.3 Å². The van der Waals surface area contributed by atoms with Crippen LogP contribution in [0, 0.1) is 19.7 Å². The van der Waals surface area contributed by atoms with Crippen molar-refractivity contribution in [3.05, 3.63) is 70.7 Å². The highest BCUT2D eigenvalue weighted by Crippen LogP contribution is 2.18. The summed E-state index contributed by atoms with van der Waals surface area (Å²) >= 11 is 0. The van der Waals surface area contributed by atoms with Gasteiger partial charge >= 0.3 is 0 Å². The molecule has 0 aliphatic heterocycles. The van der Waals surface area contributed by atoms with Gasteiger partial charge in [0.05, 0.1) is 18.8 Å². The number of hydrogen-bond donors (Lipinski definition) is 3. The molecule has 0 aliphatic rings. The van der Waals surface area contributed by atoms with Crippen molar-refractivity contribution < 1.29 is 13.9 Å². The Morgan fingerprint density at radius 1 is 1.30 bits per heavy atom. The third kappa shape index (κ3) is 5.38. The van der Waals surface area contributed by atoms with Crippen LogP contribution in [0.1, 0.15) is 39.0 Å². The number of amides is 1. The van der Waals surface area contributed by atoms with Gasteiger partial charge in [0.15, 0.2) is 0 Å². The number of benzene rings is 1. The number of aromatic nitrogens is 4. The normalized spacial score (nSPS) is 11.9. The number of nitrogens with one attached hydrogen (secondary N) is 3. The lowest BCUT2D eigenvalue weighted by atomic mass is 10.1. The lowest BCUT2D eigenvalue weighted by Crippen LogP contribution is -2.33. The van der Waals surface area contributed by atoms with Crippen molar-refractivity contribution in [1.82, 2.24) is 25.5 Å². The van der Waals surface area contributed by atoms with Crippen LogP contribution < -0.4 is 10.6 Å². The van der Waals surface area contributed by atoms with Gasteiger partial charge in [-0.05, 0) is 43.5 Å². The van der Waals surface area contributed by atoms with Crippen molar-refractivity contribution in [1.29, 1.82) is 0 Å². The summed E-state index contributed by atoms with van der Waals surface area (Å²) in [6.45, 7) is 4.55. The predicted molar refractivity (Wildman–Crippen MR) is 111 cm³/mol. The smallest absolute Gasteiger partial charge is 0.289 e. The fourth-order valence-corrected chi connectivity index (χ4v) is 2.98. The fourth-order valence-electron chi connectivity index (χ4n) is 2.98. The van der Waals surface area contributed by atoms with Crippen molar-refractivity contribution in [2.24, 2.45) is 0 Å². The Morgan fingerprint density at radius 3 is 2.83 bits per heavy atom. The Bertz CT molecular complexity index is 993. The largest absolute Gasteiger partial charge is 0.382 e. The van der Waals surface area contributed by atoms with E-state index < -0.39 is 11.9 Å². The van der Waals surface area contributed by atoms with Crippen molar-refractivity contribution in [3.63, 3.8) is 0 Å². The molecule has 1 aromatic carbocycles. The van der Waals surface area contributed by atoms with E-state index >= 15 is 0 Å². The molecule has 0 spiro atoms. The molecule has 3 aromatic rings. The van der Waals surface area contributed by atoms with E-state index in [0.717, 1.165) is 17.5 Å². The summed E-state index contributed by atoms with van der Waals surface area (Å²) in [4.78, 5) is 21.6. The molecule has 0 bridgehead atoms. The molecule has 0 aliphatic carbocycles. The first kappa shape index (κ1) is 21.4. The molecule has 0 unspecified atom stereocenters. The number of ether oxygens (including phenoxy) is 1. The number of halogens is 1. The van der Waals surface area contributed by atoms with Crippen molar-refractivity contribution in [2.75, 3.05) is 25.6 Å². The van der Waals surface area contributed by atoms with E-state index in [1.807, 2.05) is 20.0 Å². The first-order valence-electron chi connectivity index (χ1n) is 9.60. The minimum Gasteiger partial charge on any atom is -0.382 e. The van der Waals surface area contributed by atoms with Gasteiger partial charge < -0.3 is 15.4 Å². The SMILES string of the molecule is COC[C@@H](NC(=O)c1nc(C)c(C)c(NCCc2cn[nH]c2)n1)c1cccc(F)c1. The minimum absolute atomic E-state index is 0.0430. The molecule has 1 amide bonds. The molecule has 1 atom stereocenters. The number of anilines is 1. The van der Waals surface area contributed by atoms with E-state index in [-0.39, 0.29) is 18.2 Å². The molecular weight excluding hydrogens is 387 g/mol. The van der Waals surface area contributed by atoms with E-state index in [1.165, 1.54) is 19.2 Å². The van der Waals surface area contributed by atoms with E-state index in [2.05, 4.69) is 30.8 Å². The number of carbonyl (C=O) groups excluding carboxylic acids is 1. The number of methoxy groups -OCH3 is 1. The summed E-state index contributed by atoms with van der Waals surface area (Å²) in [5.41, 5.74) is 3.25. The third-order valence-corrected chi connectivity index (χ3v) is 4.74. The summed E-state index contributed by atoms with van der Waals surface area (Å²) in [5.74, 6) is -0.191. The summed E-state index contributed by atoms with van der Waals surface area (Å²) in [5, 5.41) is 12.8. The molecule has 158 valence electrons. The lowest BCUT2D eigenvalue weighted by molar-refractivity contribution is 0.0885. The van der Waals surface area contributed by atoms with Crippen molar-refractivity contribution in [3.8, 4) is 0 Å². The van der Waals surface area contributed by atoms with Crippen molar-refractivity contribution in [2.45, 2.75) is 26.3 Å². The van der Waals surface area contributed by atoms with E-state index in [0.29, 0.717) is 23.6 Å². The Balaban J connectivity index is 1.74. The monoisotopic (exact) mass is 412 g/mol. The molecule has 8 nitrogen and oxygen atoms in total. The zero-order valence-electron chi connectivity index (χ0n) is 17.2. The van der Waals surface area contributed by atoms with Gasteiger partial charge in [0, 0.05) is 31.1 Å². The maximum Gasteiger partial charge on any atom is 0.289 e. The van der Waals surface area contributed by atoms with Gasteiger partial charge in [-0.15, -0.1) is 0 Å². The Morgan fingerprint density at radius 2 is 2.13 bits per heavy atom. The molecular formula is C21H25FN6O2. The number of carbonyl (C=O) groups is 1. The number of nitrogens with zero attached hydrogens (tertiary/aromatic N) is 3. The van der Waals surface area contributed by atoms with Gasteiger partial charge in [-0.2, -0.15) is 5.10 Å². The zero-order chi connectivity index (χ0) is 21.5. The molecule has 2 heterocycles. The number of aromatic amines is 1. The van der Waals surface area contributed by atoms with Crippen LogP contribution in [0.2, 0.25) is 0 Å². The summed E-state index contributed by atoms with van der Waals surface area (Å²) in [7, 11) is 1.52. The number of rotatable bonds is 9. The second-order valence-corrected chi connectivity index (χ2v) is 6.93. The summed E-state index contributed by atoms with van der Waals surface area (Å²) < 4.78 is 18.8. The summed E-state index contributed by atoms with van der Waals surface area (Å²) in [6.07, 6.45) is 4.36. The van der Waals surface area contributed by atoms with Crippen LogP contribution in [0.5, 0.6) is 0 Å². The minimum atomic E-state index is -0.527. The fraction of sp³-hybridized carbons (Fsp3) is 0.333. The maximum absolute atomic E-state index is 13.6. The number of H-pyrrole nitrogens is 1. The number of hydrogen-bond acceptors (Lipinski definition) is 6. The molecule has 0 saturated heterocycles. The van der Waals surface area contributed by atoms with Crippen LogP contribution >= 0.6 is 0 Å². The Hall–Kier alpha value is -3.33. The molecule has 3 rings (SSSR count). The first-order valence-corrected chi connectivity index (χ1v) is 9.60. The van der Waals surface area contributed by atoms with E-state index in [9.17, 15) is 9.18 Å². The predicted octanol–water partition coefficient (Wildman–Crippen LogP) is 2.73. The van der Waals surface area contributed by atoms with Crippen LogP contribution in [0.25, 0.3) is 0 Å². The second kappa shape index (κ2) is 9.93. The van der Waals surface area contributed by atoms with Gasteiger partial charge in [-0.3, -0.25) is 9.89 Å². The average molecular weight is 412 g/mol. The lowest BCUT2D eigenvalue weighted by Gasteiger charge is -2.19. The van der Waals surface area contributed by atoms with Crippen LogP contribution in [0.3, 0.4) is 0 Å². The second-order valence-electron chi connectivity index (χ2n) is 6.93. The summed E-state index contributed by atoms with van der Waals surface area (Å²) in [6, 6.07) is 5.52. The van der Waals surface area contributed by atoms with Crippen LogP contribution in [0.15, 0.2) is 36.7 Å². The van der Waals surface area contributed by atoms with Crippen LogP contribution in [0.4, 0.5) is 10.2 Å². The van der Waals surface area contributed by atoms with Crippen LogP contribution in [-0.2, 0) is 11.2 Å². The topological polar surface area (TPSA) is 105 Å². The van der Waals surface area contributed by atoms with Crippen LogP contribution in [-0.4, -0.2) is 46.3 Å². The molecule has 0 saturated carbocycles. The molecule has 0 radical (unpaired) electrons. The van der Waals surface area contributed by atoms with Gasteiger partial charge in [0.1, 0.15) is 11.6 Å². The molecule has 30 heavy (non-hydrogen) atoms. The molecule has 9 heteroatoms. The van der Waals surface area contributed by atoms with Gasteiger partial charge in [-0.1, -0.05) is 12.1 Å². The zero-order valence-corrected chi connectivity index (χ0v) is 17.2. The molecule has 2 aromatic heterocycles. The highest BCUT2D eigenvalue weighted by Gasteiger charge is 2.20. The number of aryl methyl sites for hydroxylation is 1.